The summed E-state index contributed by atoms with van der Waals surface area (Å²) >= 11 is 0. The van der Waals surface area contributed by atoms with Crippen LogP contribution in [0.4, 0.5) is 0 Å². The van der Waals surface area contributed by atoms with Crippen molar-refractivity contribution in [1.29, 1.82) is 0 Å². The first kappa shape index (κ1) is 13.5. The van der Waals surface area contributed by atoms with Gasteiger partial charge in [0, 0.05) is 0 Å². The maximum Gasteiger partial charge on any atom is 0.297 e. The first-order valence-corrected chi connectivity index (χ1v) is 8.72. The molecule has 0 spiro atoms. The van der Waals surface area contributed by atoms with E-state index in [0.29, 0.717) is 0 Å². The molecule has 0 N–H and O–H groups in total. The molecule has 100 valence electrons. The SMILES string of the molecule is C[C@H]1CS(=O)(=O)C[C@H]1OS(=O)(=O)c1ccccc1. The van der Waals surface area contributed by atoms with Crippen molar-refractivity contribution >= 4 is 20.0 Å². The predicted molar refractivity (Wildman–Crippen MR) is 66.3 cm³/mol. The van der Waals surface area contributed by atoms with Crippen LogP contribution in [0.5, 0.6) is 0 Å². The van der Waals surface area contributed by atoms with Gasteiger partial charge in [0.25, 0.3) is 10.1 Å². The topological polar surface area (TPSA) is 77.5 Å². The molecule has 0 amide bonds. The van der Waals surface area contributed by atoms with Gasteiger partial charge in [0.15, 0.2) is 9.84 Å². The van der Waals surface area contributed by atoms with E-state index in [-0.39, 0.29) is 22.3 Å². The molecule has 1 aliphatic rings. The molecule has 0 aromatic heterocycles. The Morgan fingerprint density at radius 2 is 1.78 bits per heavy atom. The molecular formula is C11H14O5S2. The van der Waals surface area contributed by atoms with Gasteiger partial charge in [0.1, 0.15) is 0 Å². The molecule has 0 unspecified atom stereocenters. The van der Waals surface area contributed by atoms with E-state index < -0.39 is 26.1 Å². The van der Waals surface area contributed by atoms with E-state index in [9.17, 15) is 16.8 Å². The number of hydrogen-bond donors (Lipinski definition) is 0. The van der Waals surface area contributed by atoms with E-state index in [1.165, 1.54) is 12.1 Å². The third-order valence-electron chi connectivity index (χ3n) is 2.85. The molecule has 1 aromatic rings. The van der Waals surface area contributed by atoms with Crippen molar-refractivity contribution in [3.05, 3.63) is 30.3 Å². The molecule has 0 radical (unpaired) electrons. The van der Waals surface area contributed by atoms with Crippen LogP contribution < -0.4 is 0 Å². The Bertz CT molecular complexity index is 619. The molecular weight excluding hydrogens is 276 g/mol. The highest BCUT2D eigenvalue weighted by molar-refractivity contribution is 7.91. The predicted octanol–water partition coefficient (Wildman–Crippen LogP) is 0.825. The molecule has 2 rings (SSSR count). The Morgan fingerprint density at radius 1 is 1.17 bits per heavy atom. The summed E-state index contributed by atoms with van der Waals surface area (Å²) in [5.74, 6) is -0.573. The second kappa shape index (κ2) is 4.64. The van der Waals surface area contributed by atoms with Crippen molar-refractivity contribution in [2.24, 2.45) is 5.92 Å². The van der Waals surface area contributed by atoms with Crippen molar-refractivity contribution in [2.45, 2.75) is 17.9 Å². The van der Waals surface area contributed by atoms with Gasteiger partial charge in [-0.25, -0.2) is 8.42 Å². The smallest absolute Gasteiger partial charge is 0.262 e. The minimum absolute atomic E-state index is 0.0258. The number of hydrogen-bond acceptors (Lipinski definition) is 5. The van der Waals surface area contributed by atoms with Crippen LogP contribution in [0.15, 0.2) is 35.2 Å². The second-order valence-electron chi connectivity index (χ2n) is 4.46. The highest BCUT2D eigenvalue weighted by atomic mass is 32.2. The Hall–Kier alpha value is -0.920. The van der Waals surface area contributed by atoms with Crippen LogP contribution in [0.1, 0.15) is 6.92 Å². The van der Waals surface area contributed by atoms with E-state index >= 15 is 0 Å². The van der Waals surface area contributed by atoms with Crippen LogP contribution in [0.25, 0.3) is 0 Å². The summed E-state index contributed by atoms with van der Waals surface area (Å²) in [6, 6.07) is 7.71. The lowest BCUT2D eigenvalue weighted by Gasteiger charge is -2.14. The van der Waals surface area contributed by atoms with Crippen molar-refractivity contribution < 1.29 is 21.0 Å². The van der Waals surface area contributed by atoms with Crippen LogP contribution in [-0.4, -0.2) is 34.4 Å². The largest absolute Gasteiger partial charge is 0.297 e. The summed E-state index contributed by atoms with van der Waals surface area (Å²) < 4.78 is 51.7. The maximum atomic E-state index is 11.9. The van der Waals surface area contributed by atoms with E-state index in [2.05, 4.69) is 0 Å². The second-order valence-corrected chi connectivity index (χ2v) is 8.18. The standard InChI is InChI=1S/C11H14O5S2/c1-9-7-17(12,13)8-11(9)16-18(14,15)10-5-3-2-4-6-10/h2-6,9,11H,7-8H2,1H3/t9-,11+/m0/s1. The zero-order valence-corrected chi connectivity index (χ0v) is 11.4. The molecule has 0 aliphatic carbocycles. The Morgan fingerprint density at radius 3 is 2.28 bits per heavy atom. The summed E-state index contributed by atoms with van der Waals surface area (Å²) in [6.07, 6.45) is -0.791. The van der Waals surface area contributed by atoms with Crippen LogP contribution in [-0.2, 0) is 24.1 Å². The summed E-state index contributed by atoms with van der Waals surface area (Å²) in [7, 11) is -7.08. The third-order valence-corrected chi connectivity index (χ3v) is 6.07. The first-order valence-electron chi connectivity index (χ1n) is 5.49. The summed E-state index contributed by atoms with van der Waals surface area (Å²) in [5, 5.41) is 0. The quantitative estimate of drug-likeness (QED) is 0.770. The average Bonchev–Trinajstić information content (AvgIpc) is 2.52. The molecule has 2 atom stereocenters. The normalized spacial score (nSPS) is 27.2. The van der Waals surface area contributed by atoms with Crippen LogP contribution in [0.2, 0.25) is 0 Å². The molecule has 5 nitrogen and oxygen atoms in total. The minimum atomic E-state index is -3.89. The van der Waals surface area contributed by atoms with Crippen LogP contribution in [0.3, 0.4) is 0 Å². The minimum Gasteiger partial charge on any atom is -0.262 e. The third kappa shape index (κ3) is 2.90. The van der Waals surface area contributed by atoms with Crippen molar-refractivity contribution in [1.82, 2.24) is 0 Å². The van der Waals surface area contributed by atoms with Gasteiger partial charge in [0.2, 0.25) is 0 Å². The monoisotopic (exact) mass is 290 g/mol. The zero-order chi connectivity index (χ0) is 13.4. The fourth-order valence-electron chi connectivity index (χ4n) is 1.92. The van der Waals surface area contributed by atoms with Crippen molar-refractivity contribution in [3.8, 4) is 0 Å². The number of rotatable bonds is 3. The molecule has 0 bridgehead atoms. The molecule has 0 saturated carbocycles. The van der Waals surface area contributed by atoms with Crippen LogP contribution >= 0.6 is 0 Å². The average molecular weight is 290 g/mol. The molecule has 1 fully saturated rings. The van der Waals surface area contributed by atoms with Crippen LogP contribution in [0, 0.1) is 5.92 Å². The van der Waals surface area contributed by atoms with E-state index in [0.717, 1.165) is 0 Å². The molecule has 7 heteroatoms. The fourth-order valence-corrected chi connectivity index (χ4v) is 5.24. The van der Waals surface area contributed by atoms with Gasteiger partial charge in [-0.15, -0.1) is 0 Å². The first-order chi connectivity index (χ1) is 8.30. The Labute approximate surface area is 107 Å². The van der Waals surface area contributed by atoms with Gasteiger partial charge in [-0.1, -0.05) is 25.1 Å². The number of sulfone groups is 1. The van der Waals surface area contributed by atoms with Gasteiger partial charge < -0.3 is 0 Å². The van der Waals surface area contributed by atoms with Gasteiger partial charge in [-0.3, -0.25) is 4.18 Å². The highest BCUT2D eigenvalue weighted by Gasteiger charge is 2.38. The fraction of sp³-hybridized carbons (Fsp3) is 0.455. The molecule has 18 heavy (non-hydrogen) atoms. The summed E-state index contributed by atoms with van der Waals surface area (Å²) in [6.45, 7) is 1.68. The van der Waals surface area contributed by atoms with E-state index in [1.54, 1.807) is 25.1 Å². The Balaban J connectivity index is 2.20. The van der Waals surface area contributed by atoms with E-state index in [4.69, 9.17) is 4.18 Å². The number of benzene rings is 1. The van der Waals surface area contributed by atoms with Gasteiger partial charge >= 0.3 is 0 Å². The van der Waals surface area contributed by atoms with Crippen molar-refractivity contribution in [3.63, 3.8) is 0 Å². The van der Waals surface area contributed by atoms with Gasteiger partial charge in [-0.05, 0) is 18.1 Å². The lowest BCUT2D eigenvalue weighted by molar-refractivity contribution is 0.192. The molecule has 1 heterocycles. The maximum absolute atomic E-state index is 11.9. The summed E-state index contributed by atoms with van der Waals surface area (Å²) in [5.41, 5.74) is 0. The lowest BCUT2D eigenvalue weighted by Crippen LogP contribution is -2.24. The zero-order valence-electron chi connectivity index (χ0n) is 9.81. The molecule has 1 saturated heterocycles. The van der Waals surface area contributed by atoms with Gasteiger partial charge in [-0.2, -0.15) is 8.42 Å². The van der Waals surface area contributed by atoms with E-state index in [1.807, 2.05) is 0 Å². The molecule has 1 aliphatic heterocycles. The molecule has 1 aromatic carbocycles. The van der Waals surface area contributed by atoms with Gasteiger partial charge in [0.05, 0.1) is 22.5 Å². The highest BCUT2D eigenvalue weighted by Crippen LogP contribution is 2.25. The summed E-state index contributed by atoms with van der Waals surface area (Å²) in [4.78, 5) is 0.0431. The van der Waals surface area contributed by atoms with Crippen molar-refractivity contribution in [2.75, 3.05) is 11.5 Å². The lowest BCUT2D eigenvalue weighted by atomic mass is 10.1. The Kier molecular flexibility index (Phi) is 3.48.